The summed E-state index contributed by atoms with van der Waals surface area (Å²) in [5.74, 6) is -0.860. The van der Waals surface area contributed by atoms with Gasteiger partial charge in [-0.05, 0) is 40.6 Å². The molecule has 3 heterocycles. The highest BCUT2D eigenvalue weighted by Crippen LogP contribution is 2.18. The second-order valence-corrected chi connectivity index (χ2v) is 5.12. The highest BCUT2D eigenvalue weighted by atomic mass is 32.1. The zero-order valence-corrected chi connectivity index (χ0v) is 11.6. The van der Waals surface area contributed by atoms with Crippen molar-refractivity contribution in [2.75, 3.05) is 0 Å². The Kier molecular flexibility index (Phi) is 3.41. The molecular formula is C14H10N2O4S. The van der Waals surface area contributed by atoms with E-state index in [1.165, 1.54) is 23.7 Å². The zero-order chi connectivity index (χ0) is 14.8. The van der Waals surface area contributed by atoms with Crippen LogP contribution >= 0.6 is 11.3 Å². The maximum absolute atomic E-state index is 12.3. The number of barbiturate groups is 1. The topological polar surface area (TPSA) is 79.6 Å². The van der Waals surface area contributed by atoms with Gasteiger partial charge in [0.2, 0.25) is 0 Å². The van der Waals surface area contributed by atoms with Crippen molar-refractivity contribution in [3.63, 3.8) is 0 Å². The van der Waals surface area contributed by atoms with Crippen molar-refractivity contribution in [1.29, 1.82) is 0 Å². The first-order chi connectivity index (χ1) is 10.1. The summed E-state index contributed by atoms with van der Waals surface area (Å²) < 4.78 is 5.12. The van der Waals surface area contributed by atoms with Gasteiger partial charge in [-0.25, -0.2) is 4.79 Å². The van der Waals surface area contributed by atoms with Gasteiger partial charge in [-0.3, -0.25) is 19.8 Å². The Morgan fingerprint density at radius 1 is 1.29 bits per heavy atom. The fourth-order valence-corrected chi connectivity index (χ4v) is 2.54. The number of amides is 4. The number of thiophene rings is 1. The number of carbonyl (C=O) groups excluding carboxylic acids is 3. The molecule has 0 aliphatic carbocycles. The third-order valence-electron chi connectivity index (χ3n) is 2.93. The van der Waals surface area contributed by atoms with Crippen LogP contribution in [0.2, 0.25) is 0 Å². The average molecular weight is 302 g/mol. The van der Waals surface area contributed by atoms with Crippen molar-refractivity contribution < 1.29 is 18.8 Å². The van der Waals surface area contributed by atoms with Gasteiger partial charge in [0.1, 0.15) is 11.3 Å². The Balaban J connectivity index is 1.90. The summed E-state index contributed by atoms with van der Waals surface area (Å²) in [7, 11) is 0. The Bertz CT molecular complexity index is 716. The fourth-order valence-electron chi connectivity index (χ4n) is 1.92. The minimum absolute atomic E-state index is 0.0219. The molecule has 6 nitrogen and oxygen atoms in total. The second kappa shape index (κ2) is 5.37. The average Bonchev–Trinajstić information content (AvgIpc) is 3.13. The van der Waals surface area contributed by atoms with E-state index < -0.39 is 17.8 Å². The molecule has 1 N–H and O–H groups in total. The third kappa shape index (κ3) is 2.63. The van der Waals surface area contributed by atoms with Crippen LogP contribution in [0.25, 0.3) is 6.08 Å². The number of nitrogens with zero attached hydrogens (tertiary/aromatic N) is 1. The summed E-state index contributed by atoms with van der Waals surface area (Å²) in [6.07, 6.45) is 2.92. The molecule has 7 heteroatoms. The summed E-state index contributed by atoms with van der Waals surface area (Å²) in [6.45, 7) is -0.0219. The Morgan fingerprint density at radius 2 is 2.14 bits per heavy atom. The molecule has 0 unspecified atom stereocenters. The van der Waals surface area contributed by atoms with Crippen molar-refractivity contribution >= 4 is 35.3 Å². The van der Waals surface area contributed by atoms with Crippen molar-refractivity contribution in [2.24, 2.45) is 0 Å². The summed E-state index contributed by atoms with van der Waals surface area (Å²) in [6, 6.07) is 4.35. The number of nitrogens with one attached hydrogen (secondary N) is 1. The van der Waals surface area contributed by atoms with Crippen molar-refractivity contribution in [3.05, 3.63) is 52.1 Å². The van der Waals surface area contributed by atoms with Crippen LogP contribution in [-0.4, -0.2) is 22.7 Å². The minimum atomic E-state index is -0.746. The van der Waals surface area contributed by atoms with E-state index in [2.05, 4.69) is 5.32 Å². The van der Waals surface area contributed by atoms with Crippen molar-refractivity contribution in [1.82, 2.24) is 10.2 Å². The lowest BCUT2D eigenvalue weighted by Gasteiger charge is -2.25. The number of hydrogen-bond donors (Lipinski definition) is 1. The number of urea groups is 1. The summed E-state index contributed by atoms with van der Waals surface area (Å²) in [5, 5.41) is 5.80. The lowest BCUT2D eigenvalue weighted by atomic mass is 10.1. The molecule has 0 bridgehead atoms. The van der Waals surface area contributed by atoms with E-state index in [-0.39, 0.29) is 12.1 Å². The summed E-state index contributed by atoms with van der Waals surface area (Å²) >= 11 is 1.45. The van der Waals surface area contributed by atoms with E-state index in [0.29, 0.717) is 5.76 Å². The minimum Gasteiger partial charge on any atom is -0.467 e. The zero-order valence-electron chi connectivity index (χ0n) is 10.7. The highest BCUT2D eigenvalue weighted by Gasteiger charge is 2.36. The maximum atomic E-state index is 12.3. The van der Waals surface area contributed by atoms with Gasteiger partial charge in [-0.15, -0.1) is 0 Å². The molecule has 21 heavy (non-hydrogen) atoms. The first-order valence-corrected chi connectivity index (χ1v) is 7.03. The molecule has 1 fully saturated rings. The van der Waals surface area contributed by atoms with Gasteiger partial charge in [0, 0.05) is 0 Å². The molecular weight excluding hydrogens is 292 g/mol. The van der Waals surface area contributed by atoms with Gasteiger partial charge in [0.05, 0.1) is 12.8 Å². The van der Waals surface area contributed by atoms with Gasteiger partial charge in [0.15, 0.2) is 0 Å². The summed E-state index contributed by atoms with van der Waals surface area (Å²) in [5.41, 5.74) is 0.672. The predicted octanol–water partition coefficient (Wildman–Crippen LogP) is 2.00. The van der Waals surface area contributed by atoms with Crippen LogP contribution in [0.1, 0.15) is 11.3 Å². The molecule has 1 aliphatic heterocycles. The highest BCUT2D eigenvalue weighted by molar-refractivity contribution is 7.08. The van der Waals surface area contributed by atoms with Crippen LogP contribution in [0.3, 0.4) is 0 Å². The van der Waals surface area contributed by atoms with Gasteiger partial charge in [0.25, 0.3) is 11.8 Å². The second-order valence-electron chi connectivity index (χ2n) is 4.34. The number of hydrogen-bond acceptors (Lipinski definition) is 5. The van der Waals surface area contributed by atoms with Crippen LogP contribution in [0, 0.1) is 0 Å². The number of imide groups is 2. The Hall–Kier alpha value is -2.67. The maximum Gasteiger partial charge on any atom is 0.331 e. The summed E-state index contributed by atoms with van der Waals surface area (Å²) in [4.78, 5) is 36.9. The van der Waals surface area contributed by atoms with Crippen LogP contribution in [0.5, 0.6) is 0 Å². The number of furan rings is 1. The van der Waals surface area contributed by atoms with Gasteiger partial charge < -0.3 is 4.42 Å². The Morgan fingerprint density at radius 3 is 2.81 bits per heavy atom. The van der Waals surface area contributed by atoms with E-state index >= 15 is 0 Å². The number of rotatable bonds is 3. The van der Waals surface area contributed by atoms with E-state index in [1.807, 2.05) is 5.38 Å². The van der Waals surface area contributed by atoms with E-state index in [4.69, 9.17) is 4.42 Å². The molecule has 0 saturated carbocycles. The molecule has 4 amide bonds. The van der Waals surface area contributed by atoms with Crippen molar-refractivity contribution in [3.8, 4) is 0 Å². The normalized spacial score (nSPS) is 17.4. The van der Waals surface area contributed by atoms with E-state index in [9.17, 15) is 14.4 Å². The molecule has 0 aromatic carbocycles. The Labute approximate surface area is 123 Å². The standard InChI is InChI=1S/C14H10N2O4S/c17-12-11(6-9-3-5-21-8-9)13(18)16(14(19)15-12)7-10-2-1-4-20-10/h1-6,8H,7H2,(H,15,17,19). The molecule has 2 aromatic heterocycles. The quantitative estimate of drug-likeness (QED) is 0.694. The third-order valence-corrected chi connectivity index (χ3v) is 3.64. The predicted molar refractivity (Wildman–Crippen MR) is 75.1 cm³/mol. The molecule has 0 radical (unpaired) electrons. The van der Waals surface area contributed by atoms with Gasteiger partial charge >= 0.3 is 6.03 Å². The van der Waals surface area contributed by atoms with Crippen LogP contribution in [0.4, 0.5) is 4.79 Å². The lowest BCUT2D eigenvalue weighted by molar-refractivity contribution is -0.130. The molecule has 0 atom stereocenters. The number of carbonyl (C=O) groups is 3. The van der Waals surface area contributed by atoms with Gasteiger partial charge in [-0.1, -0.05) is 0 Å². The lowest BCUT2D eigenvalue weighted by Crippen LogP contribution is -2.53. The largest absolute Gasteiger partial charge is 0.467 e. The molecule has 1 saturated heterocycles. The van der Waals surface area contributed by atoms with Crippen LogP contribution < -0.4 is 5.32 Å². The molecule has 106 valence electrons. The smallest absolute Gasteiger partial charge is 0.331 e. The molecule has 0 spiro atoms. The first-order valence-electron chi connectivity index (χ1n) is 6.08. The monoisotopic (exact) mass is 302 g/mol. The molecule has 1 aliphatic rings. The molecule has 3 rings (SSSR count). The van der Waals surface area contributed by atoms with Crippen LogP contribution in [-0.2, 0) is 16.1 Å². The SMILES string of the molecule is O=C1NC(=O)N(Cc2ccco2)C(=O)C1=Cc1ccsc1. The molecule has 2 aromatic rings. The first kappa shape index (κ1) is 13.3. The van der Waals surface area contributed by atoms with Crippen molar-refractivity contribution in [2.45, 2.75) is 6.54 Å². The van der Waals surface area contributed by atoms with E-state index in [1.54, 1.807) is 23.6 Å². The van der Waals surface area contributed by atoms with Crippen LogP contribution in [0.15, 0.2) is 45.2 Å². The van der Waals surface area contributed by atoms with Gasteiger partial charge in [-0.2, -0.15) is 11.3 Å². The fraction of sp³-hybridized carbons (Fsp3) is 0.0714. The van der Waals surface area contributed by atoms with E-state index in [0.717, 1.165) is 10.5 Å².